The van der Waals surface area contributed by atoms with Gasteiger partial charge in [-0.05, 0) is 12.1 Å². The van der Waals surface area contributed by atoms with Crippen molar-refractivity contribution < 1.29 is 9.84 Å². The highest BCUT2D eigenvalue weighted by molar-refractivity contribution is 5.25. The second-order valence-electron chi connectivity index (χ2n) is 3.28. The number of aliphatic hydroxyl groups is 1. The van der Waals surface area contributed by atoms with Gasteiger partial charge in [-0.2, -0.15) is 4.98 Å². The van der Waals surface area contributed by atoms with Gasteiger partial charge in [0.1, 0.15) is 5.82 Å². The predicted molar refractivity (Wildman–Crippen MR) is 57.3 cm³/mol. The Kier molecular flexibility index (Phi) is 2.74. The topological polar surface area (TPSA) is 90.4 Å². The quantitative estimate of drug-likeness (QED) is 0.721. The Labute approximate surface area is 91.3 Å². The molecule has 0 aliphatic carbocycles. The van der Waals surface area contributed by atoms with Crippen molar-refractivity contribution in [3.63, 3.8) is 0 Å². The van der Waals surface area contributed by atoms with E-state index in [1.165, 1.54) is 23.1 Å². The van der Waals surface area contributed by atoms with Gasteiger partial charge in [-0.1, -0.05) is 6.08 Å². The van der Waals surface area contributed by atoms with E-state index in [1.54, 1.807) is 12.2 Å². The normalized spacial score (nSPS) is 19.1. The fourth-order valence-corrected chi connectivity index (χ4v) is 1.32. The molecule has 1 aliphatic rings. The third-order valence-electron chi connectivity index (χ3n) is 2.14. The van der Waals surface area contributed by atoms with Gasteiger partial charge < -0.3 is 15.6 Å². The first kappa shape index (κ1) is 10.4. The minimum atomic E-state index is -0.545. The summed E-state index contributed by atoms with van der Waals surface area (Å²) in [4.78, 5) is 15.1. The van der Waals surface area contributed by atoms with Crippen molar-refractivity contribution >= 4 is 5.82 Å². The van der Waals surface area contributed by atoms with Gasteiger partial charge >= 0.3 is 5.69 Å². The molecule has 1 unspecified atom stereocenters. The summed E-state index contributed by atoms with van der Waals surface area (Å²) in [7, 11) is 0. The Morgan fingerprint density at radius 2 is 2.44 bits per heavy atom. The van der Waals surface area contributed by atoms with Crippen molar-refractivity contribution in [2.45, 2.75) is 6.23 Å². The maximum absolute atomic E-state index is 11.5. The highest BCUT2D eigenvalue weighted by Crippen LogP contribution is 2.16. The number of nitrogens with zero attached hydrogens (tertiary/aromatic N) is 2. The highest BCUT2D eigenvalue weighted by atomic mass is 16.5. The summed E-state index contributed by atoms with van der Waals surface area (Å²) >= 11 is 0. The van der Waals surface area contributed by atoms with E-state index >= 15 is 0 Å². The molecule has 0 amide bonds. The first-order valence-corrected chi connectivity index (χ1v) is 4.69. The summed E-state index contributed by atoms with van der Waals surface area (Å²) in [5, 5.41) is 8.84. The molecule has 6 heteroatoms. The molecule has 1 aromatic rings. The first-order chi connectivity index (χ1) is 7.70. The molecule has 2 rings (SSSR count). The van der Waals surface area contributed by atoms with E-state index in [9.17, 15) is 4.79 Å². The first-order valence-electron chi connectivity index (χ1n) is 4.69. The van der Waals surface area contributed by atoms with E-state index in [1.807, 2.05) is 0 Å². The molecule has 0 bridgehead atoms. The molecule has 1 atom stereocenters. The van der Waals surface area contributed by atoms with Crippen LogP contribution in [0.3, 0.4) is 0 Å². The minimum absolute atomic E-state index is 0.0991. The molecule has 3 N–H and O–H groups in total. The fraction of sp³-hybridized carbons (Fsp3) is 0.200. The molecule has 0 saturated heterocycles. The number of anilines is 1. The molecule has 0 aromatic carbocycles. The van der Waals surface area contributed by atoms with Crippen molar-refractivity contribution in [3.05, 3.63) is 46.7 Å². The minimum Gasteiger partial charge on any atom is -0.474 e. The zero-order chi connectivity index (χ0) is 11.5. The maximum Gasteiger partial charge on any atom is 0.352 e. The van der Waals surface area contributed by atoms with Crippen molar-refractivity contribution in [2.75, 3.05) is 12.3 Å². The smallest absolute Gasteiger partial charge is 0.352 e. The van der Waals surface area contributed by atoms with E-state index in [0.29, 0.717) is 5.57 Å². The third-order valence-corrected chi connectivity index (χ3v) is 2.14. The summed E-state index contributed by atoms with van der Waals surface area (Å²) in [6.45, 7) is -0.0991. The largest absolute Gasteiger partial charge is 0.474 e. The Morgan fingerprint density at radius 1 is 1.62 bits per heavy atom. The molecule has 0 radical (unpaired) electrons. The predicted octanol–water partition coefficient (Wildman–Crippen LogP) is -0.213. The van der Waals surface area contributed by atoms with Crippen molar-refractivity contribution in [2.24, 2.45) is 0 Å². The van der Waals surface area contributed by atoms with Gasteiger partial charge in [-0.3, -0.25) is 4.57 Å². The van der Waals surface area contributed by atoms with Gasteiger partial charge in [0.25, 0.3) is 0 Å². The van der Waals surface area contributed by atoms with Gasteiger partial charge in [0.05, 0.1) is 12.9 Å². The number of ether oxygens (including phenoxy) is 1. The third kappa shape index (κ3) is 1.96. The average molecular weight is 221 g/mol. The molecular formula is C10H11N3O3. The molecule has 0 spiro atoms. The number of nitrogens with two attached hydrogens (primary N) is 1. The lowest BCUT2D eigenvalue weighted by Crippen LogP contribution is -2.27. The van der Waals surface area contributed by atoms with Crippen LogP contribution in [0, 0.1) is 0 Å². The van der Waals surface area contributed by atoms with E-state index in [-0.39, 0.29) is 12.4 Å². The molecular weight excluding hydrogens is 210 g/mol. The summed E-state index contributed by atoms with van der Waals surface area (Å²) in [5.74, 6) is 0.174. The SMILES string of the molecule is Nc1ccn(C2C=CC(CO)=CO2)c(=O)n1. The number of hydrogen-bond acceptors (Lipinski definition) is 5. The second-order valence-corrected chi connectivity index (χ2v) is 3.28. The number of aliphatic hydroxyl groups excluding tert-OH is 1. The van der Waals surface area contributed by atoms with Crippen LogP contribution < -0.4 is 11.4 Å². The standard InChI is InChI=1S/C10H11N3O3/c11-8-3-4-13(10(15)12-8)9-2-1-7(5-14)6-16-9/h1-4,6,9,14H,5H2,(H2,11,12,15). The zero-order valence-corrected chi connectivity index (χ0v) is 8.41. The van der Waals surface area contributed by atoms with Gasteiger partial charge in [-0.25, -0.2) is 4.79 Å². The molecule has 2 heterocycles. The Balaban J connectivity index is 2.25. The van der Waals surface area contributed by atoms with Gasteiger partial charge in [-0.15, -0.1) is 0 Å². The number of nitrogen functional groups attached to an aromatic ring is 1. The monoisotopic (exact) mass is 221 g/mol. The molecule has 0 saturated carbocycles. The highest BCUT2D eigenvalue weighted by Gasteiger charge is 2.12. The molecule has 1 aliphatic heterocycles. The van der Waals surface area contributed by atoms with Crippen LogP contribution in [0.15, 0.2) is 41.0 Å². The van der Waals surface area contributed by atoms with E-state index < -0.39 is 11.9 Å². The van der Waals surface area contributed by atoms with E-state index in [4.69, 9.17) is 15.6 Å². The lowest BCUT2D eigenvalue weighted by Gasteiger charge is -2.18. The van der Waals surface area contributed by atoms with Crippen LogP contribution in [-0.4, -0.2) is 21.3 Å². The summed E-state index contributed by atoms with van der Waals surface area (Å²) < 4.78 is 6.56. The lowest BCUT2D eigenvalue weighted by molar-refractivity contribution is 0.113. The van der Waals surface area contributed by atoms with Crippen LogP contribution in [0.25, 0.3) is 0 Å². The van der Waals surface area contributed by atoms with Crippen LogP contribution in [0.4, 0.5) is 5.82 Å². The van der Waals surface area contributed by atoms with Gasteiger partial charge in [0.2, 0.25) is 0 Å². The van der Waals surface area contributed by atoms with Crippen molar-refractivity contribution in [1.82, 2.24) is 9.55 Å². The number of hydrogen-bond donors (Lipinski definition) is 2. The van der Waals surface area contributed by atoms with Crippen LogP contribution in [-0.2, 0) is 4.74 Å². The Morgan fingerprint density at radius 3 is 3.00 bits per heavy atom. The van der Waals surface area contributed by atoms with E-state index in [2.05, 4.69) is 4.98 Å². The second kappa shape index (κ2) is 4.19. The number of rotatable bonds is 2. The van der Waals surface area contributed by atoms with E-state index in [0.717, 1.165) is 0 Å². The molecule has 84 valence electrons. The van der Waals surface area contributed by atoms with Gasteiger partial charge in [0.15, 0.2) is 6.23 Å². The average Bonchev–Trinajstić information content (AvgIpc) is 2.29. The maximum atomic E-state index is 11.5. The van der Waals surface area contributed by atoms with Crippen LogP contribution >= 0.6 is 0 Å². The number of aromatic nitrogens is 2. The summed E-state index contributed by atoms with van der Waals surface area (Å²) in [6.07, 6.45) is 5.73. The van der Waals surface area contributed by atoms with Crippen molar-refractivity contribution in [1.29, 1.82) is 0 Å². The van der Waals surface area contributed by atoms with Crippen LogP contribution in [0.2, 0.25) is 0 Å². The molecule has 6 nitrogen and oxygen atoms in total. The van der Waals surface area contributed by atoms with Crippen LogP contribution in [0.5, 0.6) is 0 Å². The van der Waals surface area contributed by atoms with Gasteiger partial charge in [0, 0.05) is 11.8 Å². The Bertz CT molecular complexity index is 504. The molecule has 0 fully saturated rings. The Hall–Kier alpha value is -2.08. The molecule has 1 aromatic heterocycles. The summed E-state index contributed by atoms with van der Waals surface area (Å²) in [6, 6.07) is 1.52. The lowest BCUT2D eigenvalue weighted by atomic mass is 10.2. The van der Waals surface area contributed by atoms with Crippen molar-refractivity contribution in [3.8, 4) is 0 Å². The fourth-order valence-electron chi connectivity index (χ4n) is 1.32. The van der Waals surface area contributed by atoms with Crippen LogP contribution in [0.1, 0.15) is 6.23 Å². The molecule has 16 heavy (non-hydrogen) atoms. The zero-order valence-electron chi connectivity index (χ0n) is 8.41. The summed E-state index contributed by atoms with van der Waals surface area (Å²) in [5.41, 5.74) is 5.54.